The maximum atomic E-state index is 13.2. The number of amides is 1. The molecule has 1 aromatic heterocycles. The molecular weight excluding hydrogens is 337 g/mol. The molecule has 0 aliphatic rings. The number of benzene rings is 1. The van der Waals surface area contributed by atoms with Crippen molar-refractivity contribution >= 4 is 24.3 Å². The van der Waals surface area contributed by atoms with Gasteiger partial charge in [-0.1, -0.05) is 19.1 Å². The summed E-state index contributed by atoms with van der Waals surface area (Å²) in [5, 5.41) is 5.27. The number of oxazole rings is 1. The van der Waals surface area contributed by atoms with E-state index in [-0.39, 0.29) is 11.4 Å². The second-order valence-electron chi connectivity index (χ2n) is 5.45. The van der Waals surface area contributed by atoms with Crippen LogP contribution in [0.15, 0.2) is 46.5 Å². The van der Waals surface area contributed by atoms with Gasteiger partial charge in [0.05, 0.1) is 5.70 Å². The minimum Gasteiger partial charge on any atom is -0.448 e. The molecule has 0 saturated carbocycles. The molecule has 7 heteroatoms. The first kappa shape index (κ1) is 19.1. The highest BCUT2D eigenvalue weighted by Crippen LogP contribution is 2.13. The van der Waals surface area contributed by atoms with E-state index in [0.717, 1.165) is 6.42 Å². The molecule has 2 rings (SSSR count). The van der Waals surface area contributed by atoms with Crippen molar-refractivity contribution < 1.29 is 18.4 Å². The van der Waals surface area contributed by atoms with E-state index < -0.39 is 11.7 Å². The van der Waals surface area contributed by atoms with E-state index in [1.165, 1.54) is 30.7 Å². The third kappa shape index (κ3) is 5.14. The number of aromatic nitrogens is 1. The molecule has 0 radical (unpaired) electrons. The predicted molar refractivity (Wildman–Crippen MR) is 96.1 cm³/mol. The number of hydrogen-bond acceptors (Lipinski definition) is 5. The molecule has 0 aliphatic carbocycles. The highest BCUT2D eigenvalue weighted by atomic mass is 19.1. The summed E-state index contributed by atoms with van der Waals surface area (Å²) in [6.45, 7) is 2.01. The molecule has 0 fully saturated rings. The van der Waals surface area contributed by atoms with E-state index in [9.17, 15) is 14.0 Å². The molecule has 1 aromatic carbocycles. The number of carbonyl (C=O) groups is 2. The van der Waals surface area contributed by atoms with Crippen LogP contribution in [0.4, 0.5) is 4.39 Å². The molecule has 2 aromatic rings. The quantitative estimate of drug-likeness (QED) is 0.560. The average molecular weight is 357 g/mol. The highest BCUT2D eigenvalue weighted by Gasteiger charge is 2.13. The number of halogens is 1. The van der Waals surface area contributed by atoms with Crippen LogP contribution >= 0.6 is 0 Å². The lowest BCUT2D eigenvalue weighted by atomic mass is 10.2. The second kappa shape index (κ2) is 9.31. The van der Waals surface area contributed by atoms with Crippen LogP contribution in [0.3, 0.4) is 0 Å². The Morgan fingerprint density at radius 2 is 2.15 bits per heavy atom. The Bertz CT molecular complexity index is 840. The van der Waals surface area contributed by atoms with Gasteiger partial charge in [0, 0.05) is 13.5 Å². The van der Waals surface area contributed by atoms with Gasteiger partial charge in [0.2, 0.25) is 0 Å². The fraction of sp³-hybridized carbons (Fsp3) is 0.211. The SMILES string of the molecule is CCCc1ocnc1/C=C(\NC)C(=O)N/C(C=O)=C\c1cccc(F)c1. The molecule has 0 aliphatic heterocycles. The fourth-order valence-corrected chi connectivity index (χ4v) is 2.27. The Balaban J connectivity index is 2.20. The Labute approximate surface area is 150 Å². The number of rotatable bonds is 8. The van der Waals surface area contributed by atoms with Crippen molar-refractivity contribution in [3.63, 3.8) is 0 Å². The maximum absolute atomic E-state index is 13.2. The highest BCUT2D eigenvalue weighted by molar-refractivity contribution is 6.01. The van der Waals surface area contributed by atoms with Crippen molar-refractivity contribution in [1.29, 1.82) is 0 Å². The van der Waals surface area contributed by atoms with E-state index in [0.29, 0.717) is 29.7 Å². The summed E-state index contributed by atoms with van der Waals surface area (Å²) >= 11 is 0. The van der Waals surface area contributed by atoms with Crippen LogP contribution in [0.25, 0.3) is 12.2 Å². The van der Waals surface area contributed by atoms with Crippen LogP contribution in [0.1, 0.15) is 30.4 Å². The lowest BCUT2D eigenvalue weighted by Crippen LogP contribution is -2.30. The molecule has 0 unspecified atom stereocenters. The van der Waals surface area contributed by atoms with Crippen molar-refractivity contribution in [2.45, 2.75) is 19.8 Å². The number of carbonyl (C=O) groups excluding carboxylic acids is 2. The van der Waals surface area contributed by atoms with Gasteiger partial charge in [-0.05, 0) is 36.3 Å². The zero-order valence-electron chi connectivity index (χ0n) is 14.6. The van der Waals surface area contributed by atoms with Crippen LogP contribution < -0.4 is 10.6 Å². The number of likely N-dealkylation sites (N-methyl/N-ethyl adjacent to an activating group) is 1. The molecule has 136 valence electrons. The topological polar surface area (TPSA) is 84.2 Å². The van der Waals surface area contributed by atoms with Crippen molar-refractivity contribution in [1.82, 2.24) is 15.6 Å². The van der Waals surface area contributed by atoms with Crippen molar-refractivity contribution in [2.75, 3.05) is 7.05 Å². The van der Waals surface area contributed by atoms with E-state index in [1.54, 1.807) is 19.2 Å². The summed E-state index contributed by atoms with van der Waals surface area (Å²) in [7, 11) is 1.59. The van der Waals surface area contributed by atoms with Gasteiger partial charge in [0.25, 0.3) is 5.91 Å². The molecule has 0 bridgehead atoms. The van der Waals surface area contributed by atoms with Gasteiger partial charge in [-0.2, -0.15) is 0 Å². The van der Waals surface area contributed by atoms with Crippen LogP contribution in [0, 0.1) is 5.82 Å². The number of hydrogen-bond donors (Lipinski definition) is 2. The van der Waals surface area contributed by atoms with Gasteiger partial charge in [-0.25, -0.2) is 9.37 Å². The first-order valence-electron chi connectivity index (χ1n) is 8.13. The van der Waals surface area contributed by atoms with Crippen molar-refractivity contribution in [3.8, 4) is 0 Å². The zero-order chi connectivity index (χ0) is 18.9. The summed E-state index contributed by atoms with van der Waals surface area (Å²) in [5.41, 5.74) is 1.23. The van der Waals surface area contributed by atoms with E-state index in [1.807, 2.05) is 6.92 Å². The van der Waals surface area contributed by atoms with Crippen LogP contribution in [-0.4, -0.2) is 24.2 Å². The molecule has 26 heavy (non-hydrogen) atoms. The lowest BCUT2D eigenvalue weighted by molar-refractivity contribution is -0.118. The standard InChI is InChI=1S/C19H20FN3O3/c1-3-5-18-16(22-12-26-18)10-17(21-2)19(25)23-15(11-24)9-13-6-4-7-14(20)8-13/h4,6-12,21H,3,5H2,1-2H3,(H,23,25)/b15-9-,17-10-. The number of allylic oxidation sites excluding steroid dienone is 1. The van der Waals surface area contributed by atoms with Crippen molar-refractivity contribution in [3.05, 3.63) is 64.9 Å². The summed E-state index contributed by atoms with van der Waals surface area (Å²) in [6, 6.07) is 5.70. The average Bonchev–Trinajstić information content (AvgIpc) is 3.06. The van der Waals surface area contributed by atoms with Gasteiger partial charge >= 0.3 is 0 Å². The van der Waals surface area contributed by atoms with Gasteiger partial charge in [-0.3, -0.25) is 9.59 Å². The monoisotopic (exact) mass is 357 g/mol. The largest absolute Gasteiger partial charge is 0.448 e. The normalized spacial score (nSPS) is 12.0. The molecule has 0 atom stereocenters. The smallest absolute Gasteiger partial charge is 0.271 e. The van der Waals surface area contributed by atoms with E-state index in [4.69, 9.17) is 4.42 Å². The Morgan fingerprint density at radius 3 is 2.81 bits per heavy atom. The van der Waals surface area contributed by atoms with Crippen LogP contribution in [0.2, 0.25) is 0 Å². The predicted octanol–water partition coefficient (Wildman–Crippen LogP) is 2.68. The second-order valence-corrected chi connectivity index (χ2v) is 5.45. The summed E-state index contributed by atoms with van der Waals surface area (Å²) in [5.74, 6) is -0.271. The molecule has 0 saturated heterocycles. The molecule has 6 nitrogen and oxygen atoms in total. The fourth-order valence-electron chi connectivity index (χ4n) is 2.27. The zero-order valence-corrected chi connectivity index (χ0v) is 14.6. The molecule has 1 heterocycles. The first-order chi connectivity index (χ1) is 12.6. The first-order valence-corrected chi connectivity index (χ1v) is 8.13. The molecule has 2 N–H and O–H groups in total. The van der Waals surface area contributed by atoms with Gasteiger partial charge in [0.1, 0.15) is 23.0 Å². The summed E-state index contributed by atoms with van der Waals surface area (Å²) in [6.07, 6.45) is 6.33. The van der Waals surface area contributed by atoms with Gasteiger partial charge in [0.15, 0.2) is 12.7 Å². The minimum absolute atomic E-state index is 0.00989. The Hall–Kier alpha value is -3.22. The molecule has 0 spiro atoms. The Morgan fingerprint density at radius 1 is 1.35 bits per heavy atom. The van der Waals surface area contributed by atoms with E-state index in [2.05, 4.69) is 15.6 Å². The summed E-state index contributed by atoms with van der Waals surface area (Å²) < 4.78 is 18.5. The minimum atomic E-state index is -0.521. The van der Waals surface area contributed by atoms with Crippen molar-refractivity contribution in [2.24, 2.45) is 0 Å². The maximum Gasteiger partial charge on any atom is 0.271 e. The van der Waals surface area contributed by atoms with Crippen LogP contribution in [-0.2, 0) is 16.0 Å². The van der Waals surface area contributed by atoms with Gasteiger partial charge in [-0.15, -0.1) is 0 Å². The van der Waals surface area contributed by atoms with Crippen LogP contribution in [0.5, 0.6) is 0 Å². The molecule has 1 amide bonds. The number of aryl methyl sites for hydroxylation is 1. The third-order valence-electron chi connectivity index (χ3n) is 3.50. The summed E-state index contributed by atoms with van der Waals surface area (Å²) in [4.78, 5) is 27.8. The van der Waals surface area contributed by atoms with Gasteiger partial charge < -0.3 is 15.1 Å². The Kier molecular flexibility index (Phi) is 6.84. The number of aldehydes is 1. The third-order valence-corrected chi connectivity index (χ3v) is 3.50. The number of nitrogens with one attached hydrogen (secondary N) is 2. The number of nitrogens with zero attached hydrogens (tertiary/aromatic N) is 1. The van der Waals surface area contributed by atoms with E-state index >= 15 is 0 Å². The molecular formula is C19H20FN3O3. The lowest BCUT2D eigenvalue weighted by Gasteiger charge is -2.08.